The molecule has 0 saturated heterocycles. The Hall–Kier alpha value is -6.96. The van der Waals surface area contributed by atoms with Crippen LogP contribution in [0.4, 0.5) is 0 Å². The van der Waals surface area contributed by atoms with Crippen LogP contribution in [0.3, 0.4) is 0 Å². The van der Waals surface area contributed by atoms with E-state index in [-0.39, 0.29) is 26.2 Å². The van der Waals surface area contributed by atoms with Crippen molar-refractivity contribution >= 4 is 23.6 Å². The Labute approximate surface area is 394 Å². The molecule has 0 unspecified atom stereocenters. The number of amides is 4. The fourth-order valence-corrected chi connectivity index (χ4v) is 10.7. The lowest BCUT2D eigenvalue weighted by Gasteiger charge is -2.53. The van der Waals surface area contributed by atoms with Crippen LogP contribution in [0.5, 0.6) is 0 Å². The minimum atomic E-state index is -1.27. The smallest absolute Gasteiger partial charge is 0.251 e. The second kappa shape index (κ2) is 15.3. The van der Waals surface area contributed by atoms with E-state index in [4.69, 9.17) is 19.6 Å². The summed E-state index contributed by atoms with van der Waals surface area (Å²) >= 11 is 0. The Bertz CT molecular complexity index is 2640. The maximum Gasteiger partial charge on any atom is 0.251 e. The number of nitrogens with one attached hydrogen (secondary N) is 4. The van der Waals surface area contributed by atoms with Gasteiger partial charge in [-0.25, -0.2) is 19.6 Å². The van der Waals surface area contributed by atoms with Crippen molar-refractivity contribution < 1.29 is 38.7 Å². The van der Waals surface area contributed by atoms with E-state index < -0.39 is 56.9 Å². The van der Waals surface area contributed by atoms with Gasteiger partial charge in [0.05, 0.1) is 26.2 Å². The summed E-state index contributed by atoms with van der Waals surface area (Å²) in [5, 5.41) is 12.6. The van der Waals surface area contributed by atoms with Crippen LogP contribution in [0.25, 0.3) is 0 Å². The highest BCUT2D eigenvalue weighted by Gasteiger charge is 2.61. The van der Waals surface area contributed by atoms with Crippen LogP contribution < -0.4 is 21.3 Å². The van der Waals surface area contributed by atoms with Crippen molar-refractivity contribution in [3.63, 3.8) is 0 Å². The first-order chi connectivity index (χ1) is 32.5. The molecule has 0 atom stereocenters. The number of carbonyl (C=O) groups excluding carboxylic acids is 4. The number of carbonyl (C=O) groups is 4. The lowest BCUT2D eigenvalue weighted by atomic mass is 9.66. The largest absolute Gasteiger partial charge is 0.348 e. The van der Waals surface area contributed by atoms with Gasteiger partial charge in [0.2, 0.25) is 0 Å². The summed E-state index contributed by atoms with van der Waals surface area (Å²) in [6.07, 6.45) is 0. The number of hydrogen-bond acceptors (Lipinski definition) is 8. The molecule has 6 aromatic rings. The second-order valence-corrected chi connectivity index (χ2v) is 20.7. The van der Waals surface area contributed by atoms with Gasteiger partial charge in [-0.2, -0.15) is 0 Å². The van der Waals surface area contributed by atoms with Crippen molar-refractivity contribution in [1.29, 1.82) is 0 Å². The van der Waals surface area contributed by atoms with Gasteiger partial charge in [0, 0.05) is 22.3 Å². The average Bonchev–Trinajstić information content (AvgIpc) is 3.35. The van der Waals surface area contributed by atoms with Gasteiger partial charge in [-0.15, -0.1) is 0 Å². The molecule has 6 aromatic carbocycles. The predicted molar refractivity (Wildman–Crippen MR) is 253 cm³/mol. The average molecular weight is 909 g/mol. The van der Waals surface area contributed by atoms with E-state index in [1.807, 2.05) is 163 Å². The quantitative estimate of drug-likeness (QED) is 0.113. The van der Waals surface area contributed by atoms with Crippen LogP contribution in [-0.4, -0.2) is 49.8 Å². The lowest BCUT2D eigenvalue weighted by Crippen LogP contribution is -2.59. The summed E-state index contributed by atoms with van der Waals surface area (Å²) in [5.74, 6) is -1.64. The Morgan fingerprint density at radius 1 is 0.338 bits per heavy atom. The van der Waals surface area contributed by atoms with E-state index in [0.29, 0.717) is 22.3 Å². The number of fused-ring (bicyclic) bond motifs is 4. The minimum absolute atomic E-state index is 0.0197. The number of benzene rings is 6. The van der Waals surface area contributed by atoms with E-state index in [9.17, 15) is 19.2 Å². The molecule has 68 heavy (non-hydrogen) atoms. The molecule has 7 aliphatic rings. The third-order valence-electron chi connectivity index (χ3n) is 14.5. The summed E-state index contributed by atoms with van der Waals surface area (Å²) in [5.41, 5.74) is 3.00. The van der Waals surface area contributed by atoms with Crippen molar-refractivity contribution in [1.82, 2.24) is 21.3 Å². The van der Waals surface area contributed by atoms with Gasteiger partial charge in [0.15, 0.2) is 22.4 Å². The van der Waals surface area contributed by atoms with E-state index >= 15 is 0 Å². The van der Waals surface area contributed by atoms with Crippen LogP contribution >= 0.6 is 0 Å². The van der Waals surface area contributed by atoms with Crippen molar-refractivity contribution in [2.24, 2.45) is 0 Å². The summed E-state index contributed by atoms with van der Waals surface area (Å²) in [4.78, 5) is 84.1. The Kier molecular flexibility index (Phi) is 9.80. The summed E-state index contributed by atoms with van der Waals surface area (Å²) in [6.45, 7) is 12.1. The first kappa shape index (κ1) is 43.6. The fraction of sp³-hybridized carbons (Fsp3) is 0.286. The first-order valence-electron chi connectivity index (χ1n) is 23.1. The maximum absolute atomic E-state index is 14.5. The first-order valence-corrected chi connectivity index (χ1v) is 23.1. The molecule has 5 heterocycles. The molecule has 4 N–H and O–H groups in total. The van der Waals surface area contributed by atoms with Crippen molar-refractivity contribution in [3.05, 3.63) is 211 Å². The molecular weight excluding hydrogens is 857 g/mol. The molecule has 4 amide bonds. The number of hydrogen-bond donors (Lipinski definition) is 4. The molecule has 13 rings (SSSR count). The van der Waals surface area contributed by atoms with Gasteiger partial charge < -0.3 is 21.3 Å². The lowest BCUT2D eigenvalue weighted by molar-refractivity contribution is -0.425. The standard InChI is InChI=1S/C56H52N4O8/c1-51(2,3)37-25-33-23-34(26-37)48(62)58-30-54-41-17-9-13-21-45(41)56(68-66-54,46-22-14-10-18-42(46)54)32-60-50(64)36-24-35(27-38(28-36)52(4,5)6)49(63)59-31-55-43-19-11-7-15-39(43)53(65-67-55,29-57-47(33)61)40-16-8-12-20-44(40)55/h7-28H,29-32H2,1-6H3,(H,57,61)(H,58,62)(H,59,63)(H,60,64). The van der Waals surface area contributed by atoms with Gasteiger partial charge in [-0.1, -0.05) is 139 Å². The SMILES string of the molecule is CC(C)(C)c1cc2cc(c1)C(=O)NCC13OOC(CNC(=O)c4cc(cc(C(C)(C)C)c4)C(=O)NCC45OOC(CNC2=O)(c2ccccc24)c2ccccc25)(c2ccccc21)c1ccccc13. The molecule has 0 radical (unpaired) electrons. The Morgan fingerprint density at radius 3 is 0.706 bits per heavy atom. The zero-order valence-corrected chi connectivity index (χ0v) is 38.8. The van der Waals surface area contributed by atoms with E-state index in [0.717, 1.165) is 55.6 Å². The van der Waals surface area contributed by atoms with Gasteiger partial charge in [0.25, 0.3) is 23.6 Å². The van der Waals surface area contributed by atoms with Crippen LogP contribution in [0.1, 0.15) is 139 Å². The summed E-state index contributed by atoms with van der Waals surface area (Å²) < 4.78 is 0. The highest BCUT2D eigenvalue weighted by atomic mass is 17.2. The molecule has 2 aliphatic carbocycles. The maximum atomic E-state index is 14.5. The highest BCUT2D eigenvalue weighted by molar-refractivity contribution is 6.01. The van der Waals surface area contributed by atoms with E-state index in [1.165, 1.54) is 0 Å². The predicted octanol–water partition coefficient (Wildman–Crippen LogP) is 7.84. The summed E-state index contributed by atoms with van der Waals surface area (Å²) in [7, 11) is 0. The monoisotopic (exact) mass is 908 g/mol. The zero-order chi connectivity index (χ0) is 47.4. The van der Waals surface area contributed by atoms with Gasteiger partial charge in [-0.05, 0) is 103 Å². The molecule has 0 fully saturated rings. The van der Waals surface area contributed by atoms with Crippen LogP contribution in [0.15, 0.2) is 133 Å². The van der Waals surface area contributed by atoms with Crippen LogP contribution in [-0.2, 0) is 52.8 Å². The zero-order valence-electron chi connectivity index (χ0n) is 38.8. The molecule has 0 spiro atoms. The molecule has 8 bridgehead atoms. The van der Waals surface area contributed by atoms with E-state index in [1.54, 1.807) is 12.1 Å². The van der Waals surface area contributed by atoms with E-state index in [2.05, 4.69) is 21.3 Å². The van der Waals surface area contributed by atoms with Gasteiger partial charge in [-0.3, -0.25) is 19.2 Å². The van der Waals surface area contributed by atoms with Crippen molar-refractivity contribution in [2.75, 3.05) is 26.2 Å². The molecule has 344 valence electrons. The van der Waals surface area contributed by atoms with Crippen molar-refractivity contribution in [3.8, 4) is 0 Å². The molecular formula is C56H52N4O8. The van der Waals surface area contributed by atoms with Gasteiger partial charge >= 0.3 is 0 Å². The van der Waals surface area contributed by atoms with Crippen molar-refractivity contribution in [2.45, 2.75) is 74.8 Å². The molecule has 0 saturated carbocycles. The normalized spacial score (nSPS) is 25.3. The number of rotatable bonds is 0. The minimum Gasteiger partial charge on any atom is -0.348 e. The Morgan fingerprint density at radius 2 is 0.529 bits per heavy atom. The Balaban J connectivity index is 1.05. The van der Waals surface area contributed by atoms with Crippen LogP contribution in [0.2, 0.25) is 0 Å². The van der Waals surface area contributed by atoms with Gasteiger partial charge in [0.1, 0.15) is 0 Å². The second-order valence-electron chi connectivity index (χ2n) is 20.7. The van der Waals surface area contributed by atoms with Crippen LogP contribution in [0, 0.1) is 0 Å². The topological polar surface area (TPSA) is 153 Å². The molecule has 12 heteroatoms. The third kappa shape index (κ3) is 6.49. The molecule has 0 aromatic heterocycles. The molecule has 5 aliphatic heterocycles. The fourth-order valence-electron chi connectivity index (χ4n) is 10.7. The highest BCUT2D eigenvalue weighted by Crippen LogP contribution is 2.57. The summed E-state index contributed by atoms with van der Waals surface area (Å²) in [6, 6.07) is 41.4. The third-order valence-corrected chi connectivity index (χ3v) is 14.5. The molecule has 12 nitrogen and oxygen atoms in total.